The maximum Gasteiger partial charge on any atom is 0.0839 e. The second kappa shape index (κ2) is 5.10. The molecule has 0 aliphatic carbocycles. The Morgan fingerprint density at radius 2 is 2.11 bits per heavy atom. The summed E-state index contributed by atoms with van der Waals surface area (Å²) in [5.41, 5.74) is 3.24. The zero-order valence-electron chi connectivity index (χ0n) is 10.9. The summed E-state index contributed by atoms with van der Waals surface area (Å²) in [5.74, 6) is 0. The lowest BCUT2D eigenvalue weighted by atomic mass is 10.2. The molecular formula is C15H16N4. The lowest BCUT2D eigenvalue weighted by Crippen LogP contribution is -2.04. The number of aromatic nitrogens is 3. The van der Waals surface area contributed by atoms with Crippen molar-refractivity contribution in [1.82, 2.24) is 14.8 Å². The average Bonchev–Trinajstić information content (AvgIpc) is 2.83. The first-order chi connectivity index (χ1) is 9.36. The van der Waals surface area contributed by atoms with E-state index in [9.17, 15) is 0 Å². The van der Waals surface area contributed by atoms with Crippen molar-refractivity contribution in [1.29, 1.82) is 0 Å². The number of nitrogens with one attached hydrogen (secondary N) is 1. The maximum absolute atomic E-state index is 4.42. The van der Waals surface area contributed by atoms with Crippen molar-refractivity contribution in [3.63, 3.8) is 0 Å². The van der Waals surface area contributed by atoms with Gasteiger partial charge in [0.1, 0.15) is 0 Å². The van der Waals surface area contributed by atoms with Crippen molar-refractivity contribution < 1.29 is 0 Å². The highest BCUT2D eigenvalue weighted by Crippen LogP contribution is 2.15. The molecule has 0 aliphatic heterocycles. The van der Waals surface area contributed by atoms with Crippen molar-refractivity contribution in [3.05, 3.63) is 54.5 Å². The Labute approximate surface area is 112 Å². The van der Waals surface area contributed by atoms with E-state index in [0.717, 1.165) is 28.8 Å². The standard InChI is InChI=1S/C15H16N4/c1-2-16-13-7-8-17-14(9-13)11-19-15-6-4-3-5-12(15)10-18-19/h3-10H,2,11H2,1H3,(H,16,17). The van der Waals surface area contributed by atoms with Gasteiger partial charge in [-0.05, 0) is 25.1 Å². The summed E-state index contributed by atoms with van der Waals surface area (Å²) in [6, 6.07) is 12.3. The Bertz CT molecular complexity index is 687. The number of pyridine rings is 1. The van der Waals surface area contributed by atoms with Gasteiger partial charge in [0.15, 0.2) is 0 Å². The topological polar surface area (TPSA) is 42.7 Å². The molecule has 2 aromatic heterocycles. The third-order valence-electron chi connectivity index (χ3n) is 3.06. The second-order valence-electron chi connectivity index (χ2n) is 4.43. The van der Waals surface area contributed by atoms with Crippen molar-refractivity contribution in [3.8, 4) is 0 Å². The molecule has 2 heterocycles. The molecular weight excluding hydrogens is 236 g/mol. The minimum Gasteiger partial charge on any atom is -0.385 e. The lowest BCUT2D eigenvalue weighted by molar-refractivity contribution is 0.696. The molecule has 0 bridgehead atoms. The molecule has 0 aliphatic rings. The summed E-state index contributed by atoms with van der Waals surface area (Å²) in [6.45, 7) is 3.68. The van der Waals surface area contributed by atoms with Gasteiger partial charge in [0.25, 0.3) is 0 Å². The smallest absolute Gasteiger partial charge is 0.0839 e. The highest BCUT2D eigenvalue weighted by Gasteiger charge is 2.03. The van der Waals surface area contributed by atoms with Crippen LogP contribution in [0.3, 0.4) is 0 Å². The van der Waals surface area contributed by atoms with Crippen LogP contribution in [0.4, 0.5) is 5.69 Å². The Kier molecular flexibility index (Phi) is 3.14. The van der Waals surface area contributed by atoms with E-state index in [1.807, 2.05) is 35.3 Å². The van der Waals surface area contributed by atoms with Crippen LogP contribution in [0.25, 0.3) is 10.9 Å². The van der Waals surface area contributed by atoms with Crippen LogP contribution in [0, 0.1) is 0 Å². The molecule has 0 amide bonds. The first-order valence-electron chi connectivity index (χ1n) is 6.46. The van der Waals surface area contributed by atoms with E-state index in [2.05, 4.69) is 40.5 Å². The maximum atomic E-state index is 4.42. The predicted molar refractivity (Wildman–Crippen MR) is 77.2 cm³/mol. The largest absolute Gasteiger partial charge is 0.385 e. The summed E-state index contributed by atoms with van der Waals surface area (Å²) >= 11 is 0. The van der Waals surface area contributed by atoms with Gasteiger partial charge in [-0.25, -0.2) is 0 Å². The van der Waals surface area contributed by atoms with E-state index >= 15 is 0 Å². The van der Waals surface area contributed by atoms with Gasteiger partial charge >= 0.3 is 0 Å². The van der Waals surface area contributed by atoms with Crippen LogP contribution >= 0.6 is 0 Å². The molecule has 3 rings (SSSR count). The van der Waals surface area contributed by atoms with Gasteiger partial charge < -0.3 is 5.32 Å². The Morgan fingerprint density at radius 1 is 1.21 bits per heavy atom. The number of benzene rings is 1. The molecule has 0 radical (unpaired) electrons. The molecule has 0 atom stereocenters. The first-order valence-corrected chi connectivity index (χ1v) is 6.46. The minimum absolute atomic E-state index is 0.687. The van der Waals surface area contributed by atoms with E-state index in [4.69, 9.17) is 0 Å². The van der Waals surface area contributed by atoms with E-state index in [1.54, 1.807) is 0 Å². The van der Waals surface area contributed by atoms with E-state index in [-0.39, 0.29) is 0 Å². The molecule has 0 fully saturated rings. The van der Waals surface area contributed by atoms with Gasteiger partial charge in [0.05, 0.1) is 24.0 Å². The Hall–Kier alpha value is -2.36. The van der Waals surface area contributed by atoms with Crippen molar-refractivity contribution in [2.45, 2.75) is 13.5 Å². The van der Waals surface area contributed by atoms with Crippen molar-refractivity contribution in [2.24, 2.45) is 0 Å². The van der Waals surface area contributed by atoms with Gasteiger partial charge in [-0.1, -0.05) is 18.2 Å². The van der Waals surface area contributed by atoms with Gasteiger partial charge in [0, 0.05) is 23.8 Å². The van der Waals surface area contributed by atoms with E-state index < -0.39 is 0 Å². The monoisotopic (exact) mass is 252 g/mol. The average molecular weight is 252 g/mol. The minimum atomic E-state index is 0.687. The Morgan fingerprint density at radius 3 is 3.00 bits per heavy atom. The molecule has 0 unspecified atom stereocenters. The molecule has 4 heteroatoms. The van der Waals surface area contributed by atoms with Gasteiger partial charge in [-0.2, -0.15) is 5.10 Å². The molecule has 4 nitrogen and oxygen atoms in total. The SMILES string of the molecule is CCNc1ccnc(Cn2ncc3ccccc32)c1. The molecule has 3 aromatic rings. The molecule has 96 valence electrons. The molecule has 19 heavy (non-hydrogen) atoms. The summed E-state index contributed by atoms with van der Waals surface area (Å²) in [5, 5.41) is 8.88. The van der Waals surface area contributed by atoms with Gasteiger partial charge in [-0.3, -0.25) is 9.67 Å². The number of rotatable bonds is 4. The van der Waals surface area contributed by atoms with Crippen LogP contribution in [0.15, 0.2) is 48.8 Å². The summed E-state index contributed by atoms with van der Waals surface area (Å²) in [7, 11) is 0. The van der Waals surface area contributed by atoms with Crippen molar-refractivity contribution >= 4 is 16.6 Å². The fourth-order valence-electron chi connectivity index (χ4n) is 2.18. The summed E-state index contributed by atoms with van der Waals surface area (Å²) in [4.78, 5) is 4.40. The van der Waals surface area contributed by atoms with Gasteiger partial charge in [-0.15, -0.1) is 0 Å². The van der Waals surface area contributed by atoms with E-state index in [0.29, 0.717) is 6.54 Å². The van der Waals surface area contributed by atoms with Crippen LogP contribution < -0.4 is 5.32 Å². The highest BCUT2D eigenvalue weighted by molar-refractivity contribution is 5.78. The zero-order valence-corrected chi connectivity index (χ0v) is 10.9. The molecule has 1 aromatic carbocycles. The number of hydrogen-bond acceptors (Lipinski definition) is 3. The first kappa shape index (κ1) is 11.7. The van der Waals surface area contributed by atoms with Gasteiger partial charge in [0.2, 0.25) is 0 Å². The quantitative estimate of drug-likeness (QED) is 0.776. The highest BCUT2D eigenvalue weighted by atomic mass is 15.3. The fraction of sp³-hybridized carbons (Fsp3) is 0.200. The van der Waals surface area contributed by atoms with E-state index in [1.165, 1.54) is 0 Å². The molecule has 0 saturated carbocycles. The number of nitrogens with zero attached hydrogens (tertiary/aromatic N) is 3. The van der Waals surface area contributed by atoms with Crippen LogP contribution in [-0.4, -0.2) is 21.3 Å². The number of fused-ring (bicyclic) bond motifs is 1. The van der Waals surface area contributed by atoms with Crippen LogP contribution in [0.5, 0.6) is 0 Å². The van der Waals surface area contributed by atoms with Crippen LogP contribution in [-0.2, 0) is 6.54 Å². The van der Waals surface area contributed by atoms with Crippen molar-refractivity contribution in [2.75, 3.05) is 11.9 Å². The third kappa shape index (κ3) is 2.42. The van der Waals surface area contributed by atoms with Crippen LogP contribution in [0.2, 0.25) is 0 Å². The normalized spacial score (nSPS) is 10.8. The second-order valence-corrected chi connectivity index (χ2v) is 4.43. The predicted octanol–water partition coefficient (Wildman–Crippen LogP) is 2.91. The number of para-hydroxylation sites is 1. The third-order valence-corrected chi connectivity index (χ3v) is 3.06. The molecule has 0 spiro atoms. The van der Waals surface area contributed by atoms with Crippen LogP contribution in [0.1, 0.15) is 12.6 Å². The Balaban J connectivity index is 1.90. The zero-order chi connectivity index (χ0) is 13.1. The molecule has 1 N–H and O–H groups in total. The molecule has 0 saturated heterocycles. The lowest BCUT2D eigenvalue weighted by Gasteiger charge is -2.06. The summed E-state index contributed by atoms with van der Waals surface area (Å²) in [6.07, 6.45) is 3.72. The summed E-state index contributed by atoms with van der Waals surface area (Å²) < 4.78 is 1.98. The number of hydrogen-bond donors (Lipinski definition) is 1. The fourth-order valence-corrected chi connectivity index (χ4v) is 2.18. The number of anilines is 1.